The summed E-state index contributed by atoms with van der Waals surface area (Å²) in [5, 5.41) is 12.1. The van der Waals surface area contributed by atoms with E-state index in [1.165, 1.54) is 20.3 Å². The topological polar surface area (TPSA) is 55.8 Å². The van der Waals surface area contributed by atoms with Crippen molar-refractivity contribution in [2.24, 2.45) is 17.3 Å². The van der Waals surface area contributed by atoms with Gasteiger partial charge < -0.3 is 14.6 Å². The van der Waals surface area contributed by atoms with Gasteiger partial charge in [0, 0.05) is 33.3 Å². The number of carbonyl (C=O) groups is 1. The molecule has 6 rings (SSSR count). The Hall–Kier alpha value is -1.28. The molecule has 5 heteroatoms. The molecule has 186 valence electrons. The Morgan fingerprint density at radius 1 is 1.20 bits per heavy atom. The largest absolute Gasteiger partial charge is 0.385 e. The fourth-order valence-electron chi connectivity index (χ4n) is 8.54. The lowest BCUT2D eigenvalue weighted by molar-refractivity contribution is -0.208. The van der Waals surface area contributed by atoms with Crippen molar-refractivity contribution in [1.29, 1.82) is 0 Å². The van der Waals surface area contributed by atoms with Gasteiger partial charge in [0.2, 0.25) is 0 Å². The lowest BCUT2D eigenvalue weighted by Crippen LogP contribution is -2.53. The van der Waals surface area contributed by atoms with E-state index in [1.807, 2.05) is 6.08 Å². The maximum atomic E-state index is 13.0. The fraction of sp³-hybridized carbons (Fsp3) is 0.567. The zero-order chi connectivity index (χ0) is 24.6. The number of hydrogen-bond donors (Lipinski definition) is 1. The summed E-state index contributed by atoms with van der Waals surface area (Å²) in [6.45, 7) is 9.35. The van der Waals surface area contributed by atoms with Crippen molar-refractivity contribution in [3.05, 3.63) is 68.3 Å². The molecule has 1 aromatic carbocycles. The molecule has 0 radical (unpaired) electrons. The maximum Gasteiger partial charge on any atom is 0.171 e. The van der Waals surface area contributed by atoms with Crippen molar-refractivity contribution in [1.82, 2.24) is 0 Å². The minimum absolute atomic E-state index is 0.180. The van der Waals surface area contributed by atoms with Gasteiger partial charge in [-0.15, -0.1) is 0 Å². The van der Waals surface area contributed by atoms with Gasteiger partial charge in [-0.05, 0) is 102 Å². The second-order valence-electron chi connectivity index (χ2n) is 11.6. The van der Waals surface area contributed by atoms with Crippen LogP contribution in [0.2, 0.25) is 0 Å². The van der Waals surface area contributed by atoms with Crippen LogP contribution < -0.4 is 0 Å². The van der Waals surface area contributed by atoms with Crippen molar-refractivity contribution in [3.8, 4) is 0 Å². The maximum absolute atomic E-state index is 13.0. The first kappa shape index (κ1) is 24.1. The summed E-state index contributed by atoms with van der Waals surface area (Å²) >= 11 is 2.36. The number of carbonyl (C=O) groups excluding carboxylic acids is 1. The summed E-state index contributed by atoms with van der Waals surface area (Å²) < 4.78 is 13.3. The third-order valence-corrected chi connectivity index (χ3v) is 10.5. The number of Topliss-reactive ketones (excluding diaryl/α,β-unsaturated/α-hetero) is 1. The molecule has 3 fully saturated rings. The molecule has 2 saturated carbocycles. The smallest absolute Gasteiger partial charge is 0.171 e. The number of ketones is 1. The van der Waals surface area contributed by atoms with Gasteiger partial charge in [0.15, 0.2) is 11.6 Å². The highest BCUT2D eigenvalue weighted by atomic mass is 127. The third kappa shape index (κ3) is 3.59. The van der Waals surface area contributed by atoms with E-state index in [0.29, 0.717) is 31.5 Å². The zero-order valence-electron chi connectivity index (χ0n) is 20.7. The highest BCUT2D eigenvalue weighted by molar-refractivity contribution is 14.1. The number of fused-ring (bicyclic) bond motifs is 4. The summed E-state index contributed by atoms with van der Waals surface area (Å²) in [6.07, 6.45) is 7.54. The molecule has 4 aliphatic carbocycles. The van der Waals surface area contributed by atoms with E-state index < -0.39 is 11.4 Å². The number of rotatable bonds is 3. The molecule has 2 unspecified atom stereocenters. The molecule has 4 nitrogen and oxygen atoms in total. The summed E-state index contributed by atoms with van der Waals surface area (Å²) in [7, 11) is 0. The molecule has 1 aliphatic heterocycles. The Morgan fingerprint density at radius 3 is 2.57 bits per heavy atom. The van der Waals surface area contributed by atoms with Crippen molar-refractivity contribution >= 4 is 28.4 Å². The molecule has 0 amide bonds. The molecule has 5 aliphatic rings. The van der Waals surface area contributed by atoms with Crippen molar-refractivity contribution in [3.63, 3.8) is 0 Å². The first-order chi connectivity index (χ1) is 16.7. The zero-order valence-corrected chi connectivity index (χ0v) is 22.9. The Bertz CT molecular complexity index is 1140. The second-order valence-corrected chi connectivity index (χ2v) is 12.8. The van der Waals surface area contributed by atoms with Crippen molar-refractivity contribution < 1.29 is 19.4 Å². The molecule has 1 aromatic rings. The van der Waals surface area contributed by atoms with Gasteiger partial charge in [0.05, 0.1) is 18.8 Å². The SMILES string of the molecule is C=CC1=C(C(C)=O)[C@@]2(C)C[C@H](c3ccc(I)cc3)C3=C4CCC5(C[C@]4(O)CCC3C2C1)OCCO5. The molecule has 0 aromatic heterocycles. The van der Waals surface area contributed by atoms with Crippen LogP contribution in [-0.4, -0.2) is 35.5 Å². The molecule has 1 heterocycles. The van der Waals surface area contributed by atoms with Gasteiger partial charge in [-0.25, -0.2) is 0 Å². The van der Waals surface area contributed by atoms with E-state index in [2.05, 4.69) is 60.4 Å². The summed E-state index contributed by atoms with van der Waals surface area (Å²) in [5.74, 6) is 0.485. The number of benzene rings is 1. The van der Waals surface area contributed by atoms with Crippen LogP contribution in [0, 0.1) is 20.8 Å². The van der Waals surface area contributed by atoms with Gasteiger partial charge in [-0.3, -0.25) is 4.79 Å². The van der Waals surface area contributed by atoms with Crippen molar-refractivity contribution in [2.75, 3.05) is 13.2 Å². The van der Waals surface area contributed by atoms with Crippen LogP contribution in [0.15, 0.2) is 59.2 Å². The standard InChI is InChI=1S/C30H35IO4/c1-4-19-15-25-22-9-11-29(33)17-30(34-13-14-35-30)12-10-24(29)26(22)23(20-5-7-21(31)8-6-20)16-28(25,3)27(19)18(2)32/h4-8,22-23,25,33H,1,9-17H2,2-3H3/t22?,23-,25?,28+,29-/m1/s1. The third-order valence-electron chi connectivity index (χ3n) is 9.82. The number of allylic oxidation sites excluding steroid dienone is 4. The predicted octanol–water partition coefficient (Wildman–Crippen LogP) is 6.24. The lowest BCUT2D eigenvalue weighted by Gasteiger charge is -2.56. The van der Waals surface area contributed by atoms with Gasteiger partial charge in [-0.1, -0.05) is 37.3 Å². The minimum atomic E-state index is -0.875. The highest BCUT2D eigenvalue weighted by Gasteiger charge is 2.60. The highest BCUT2D eigenvalue weighted by Crippen LogP contribution is 2.66. The first-order valence-corrected chi connectivity index (χ1v) is 14.1. The Balaban J connectivity index is 1.50. The monoisotopic (exact) mass is 586 g/mol. The molecule has 1 saturated heterocycles. The average molecular weight is 587 g/mol. The van der Waals surface area contributed by atoms with Gasteiger partial charge in [0.1, 0.15) is 0 Å². The fourth-order valence-corrected chi connectivity index (χ4v) is 8.90. The molecular weight excluding hydrogens is 551 g/mol. The molecule has 5 atom stereocenters. The average Bonchev–Trinajstić information content (AvgIpc) is 3.39. The van der Waals surface area contributed by atoms with E-state index >= 15 is 0 Å². The quantitative estimate of drug-likeness (QED) is 0.337. The molecule has 1 spiro atoms. The van der Waals surface area contributed by atoms with Crippen LogP contribution in [-0.2, 0) is 14.3 Å². The van der Waals surface area contributed by atoms with Crippen LogP contribution in [0.3, 0.4) is 0 Å². The Labute approximate surface area is 222 Å². The normalized spacial score (nSPS) is 37.8. The first-order valence-electron chi connectivity index (χ1n) is 13.1. The second kappa shape index (κ2) is 8.37. The molecular formula is C30H35IO4. The molecule has 1 N–H and O–H groups in total. The lowest BCUT2D eigenvalue weighted by atomic mass is 9.50. The van der Waals surface area contributed by atoms with Crippen LogP contribution in [0.1, 0.15) is 70.3 Å². The van der Waals surface area contributed by atoms with Crippen LogP contribution in [0.4, 0.5) is 0 Å². The van der Waals surface area contributed by atoms with Gasteiger partial charge >= 0.3 is 0 Å². The van der Waals surface area contributed by atoms with Crippen LogP contribution in [0.25, 0.3) is 0 Å². The van der Waals surface area contributed by atoms with E-state index in [4.69, 9.17) is 9.47 Å². The minimum Gasteiger partial charge on any atom is -0.385 e. The van der Waals surface area contributed by atoms with E-state index in [9.17, 15) is 9.90 Å². The molecule has 0 bridgehead atoms. The van der Waals surface area contributed by atoms with Crippen molar-refractivity contribution in [2.45, 2.75) is 76.1 Å². The number of hydrogen-bond acceptors (Lipinski definition) is 4. The Morgan fingerprint density at radius 2 is 1.91 bits per heavy atom. The van der Waals surface area contributed by atoms with Gasteiger partial charge in [-0.2, -0.15) is 0 Å². The van der Waals surface area contributed by atoms with E-state index in [-0.39, 0.29) is 17.1 Å². The Kier molecular flexibility index (Phi) is 5.76. The van der Waals surface area contributed by atoms with Gasteiger partial charge in [0.25, 0.3) is 0 Å². The predicted molar refractivity (Wildman–Crippen MR) is 144 cm³/mol. The molecule has 35 heavy (non-hydrogen) atoms. The summed E-state index contributed by atoms with van der Waals surface area (Å²) in [6, 6.07) is 8.87. The van der Waals surface area contributed by atoms with Crippen LogP contribution in [0.5, 0.6) is 0 Å². The van der Waals surface area contributed by atoms with Crippen LogP contribution >= 0.6 is 22.6 Å². The number of aliphatic hydroxyl groups is 1. The number of ether oxygens (including phenoxy) is 2. The number of halogens is 1. The summed E-state index contributed by atoms with van der Waals surface area (Å²) in [5.41, 5.74) is 5.05. The summed E-state index contributed by atoms with van der Waals surface area (Å²) in [4.78, 5) is 13.0. The van der Waals surface area contributed by atoms with E-state index in [0.717, 1.165) is 49.7 Å². The van der Waals surface area contributed by atoms with E-state index in [1.54, 1.807) is 6.92 Å².